The Kier molecular flexibility index (Phi) is 6.15. The molecule has 1 aliphatic heterocycles. The molecule has 0 radical (unpaired) electrons. The molecule has 0 spiro atoms. The number of rotatable bonds is 5. The van der Waals surface area contributed by atoms with Gasteiger partial charge in [0.05, 0.1) is 11.7 Å². The lowest BCUT2D eigenvalue weighted by molar-refractivity contribution is -0.147. The van der Waals surface area contributed by atoms with Crippen LogP contribution in [-0.4, -0.2) is 40.7 Å². The lowest BCUT2D eigenvalue weighted by atomic mass is 9.87. The van der Waals surface area contributed by atoms with Gasteiger partial charge in [-0.3, -0.25) is 9.59 Å². The molecule has 1 heterocycles. The molecule has 22 heavy (non-hydrogen) atoms. The number of hydrogen-bond acceptors (Lipinski definition) is 3. The topological polar surface area (TPSA) is 57.6 Å². The van der Waals surface area contributed by atoms with Crippen molar-refractivity contribution in [3.05, 3.63) is 34.9 Å². The van der Waals surface area contributed by atoms with Gasteiger partial charge in [0.15, 0.2) is 0 Å². The highest BCUT2D eigenvalue weighted by molar-refractivity contribution is 7.99. The summed E-state index contributed by atoms with van der Waals surface area (Å²) in [4.78, 5) is 25.1. The Labute approximate surface area is 139 Å². The molecule has 4 nitrogen and oxygen atoms in total. The van der Waals surface area contributed by atoms with Crippen molar-refractivity contribution in [2.45, 2.75) is 19.1 Å². The van der Waals surface area contributed by atoms with Gasteiger partial charge in [0.1, 0.15) is 0 Å². The highest BCUT2D eigenvalue weighted by Crippen LogP contribution is 2.24. The molecule has 0 aromatic heterocycles. The quantitative estimate of drug-likeness (QED) is 0.893. The molecule has 0 saturated carbocycles. The molecule has 2 atom stereocenters. The second kappa shape index (κ2) is 7.88. The van der Waals surface area contributed by atoms with Crippen molar-refractivity contribution >= 4 is 35.2 Å². The Morgan fingerprint density at radius 2 is 2.23 bits per heavy atom. The Bertz CT molecular complexity index is 552. The van der Waals surface area contributed by atoms with Gasteiger partial charge in [0.2, 0.25) is 5.91 Å². The molecule has 0 bridgehead atoms. The monoisotopic (exact) mass is 341 g/mol. The second-order valence-electron chi connectivity index (χ2n) is 5.67. The smallest absolute Gasteiger partial charge is 0.306 e. The number of amides is 1. The fraction of sp³-hybridized carbons (Fsp3) is 0.500. The number of likely N-dealkylation sites (tertiary alicyclic amines) is 1. The largest absolute Gasteiger partial charge is 0.481 e. The fourth-order valence-electron chi connectivity index (χ4n) is 2.71. The van der Waals surface area contributed by atoms with Crippen LogP contribution in [0.3, 0.4) is 0 Å². The maximum Gasteiger partial charge on any atom is 0.306 e. The SMILES string of the molecule is CC1CN(C(=O)CSCc2cccc(Cl)c2)CCC1C(=O)O. The van der Waals surface area contributed by atoms with Crippen molar-refractivity contribution in [1.82, 2.24) is 4.90 Å². The van der Waals surface area contributed by atoms with Gasteiger partial charge in [0.25, 0.3) is 0 Å². The average molecular weight is 342 g/mol. The molecule has 1 saturated heterocycles. The minimum atomic E-state index is -0.755. The van der Waals surface area contributed by atoms with Gasteiger partial charge in [-0.05, 0) is 30.0 Å². The first kappa shape index (κ1) is 17.2. The predicted octanol–water partition coefficient (Wildman–Crippen LogP) is 3.14. The Hall–Kier alpha value is -1.20. The number of carboxylic acids is 1. The van der Waals surface area contributed by atoms with Gasteiger partial charge in [-0.2, -0.15) is 0 Å². The fourth-order valence-corrected chi connectivity index (χ4v) is 3.80. The predicted molar refractivity (Wildman–Crippen MR) is 89.1 cm³/mol. The summed E-state index contributed by atoms with van der Waals surface area (Å²) >= 11 is 7.49. The van der Waals surface area contributed by atoms with Crippen LogP contribution in [0.2, 0.25) is 5.02 Å². The summed E-state index contributed by atoms with van der Waals surface area (Å²) in [5.74, 6) is 0.165. The van der Waals surface area contributed by atoms with Gasteiger partial charge in [0, 0.05) is 23.9 Å². The molecule has 1 aliphatic rings. The number of aliphatic carboxylic acids is 1. The standard InChI is InChI=1S/C16H20ClNO3S/c1-11-8-18(6-5-14(11)16(20)21)15(19)10-22-9-12-3-2-4-13(17)7-12/h2-4,7,11,14H,5-6,8-10H2,1H3,(H,20,21). The van der Waals surface area contributed by atoms with Crippen LogP contribution in [-0.2, 0) is 15.3 Å². The van der Waals surface area contributed by atoms with Gasteiger partial charge >= 0.3 is 5.97 Å². The van der Waals surface area contributed by atoms with Crippen molar-refractivity contribution in [3.8, 4) is 0 Å². The number of thioether (sulfide) groups is 1. The van der Waals surface area contributed by atoms with Crippen LogP contribution in [0.5, 0.6) is 0 Å². The van der Waals surface area contributed by atoms with E-state index >= 15 is 0 Å². The van der Waals surface area contributed by atoms with Gasteiger partial charge in [-0.25, -0.2) is 0 Å². The number of carbonyl (C=O) groups is 2. The number of hydrogen-bond donors (Lipinski definition) is 1. The maximum atomic E-state index is 12.2. The van der Waals surface area contributed by atoms with E-state index in [0.29, 0.717) is 30.3 Å². The summed E-state index contributed by atoms with van der Waals surface area (Å²) in [5, 5.41) is 9.81. The van der Waals surface area contributed by atoms with Crippen LogP contribution in [0, 0.1) is 11.8 Å². The average Bonchev–Trinajstić information content (AvgIpc) is 2.46. The Morgan fingerprint density at radius 3 is 2.86 bits per heavy atom. The number of benzene rings is 1. The third-order valence-electron chi connectivity index (χ3n) is 3.96. The van der Waals surface area contributed by atoms with E-state index in [1.54, 1.807) is 16.7 Å². The normalized spacial score (nSPS) is 21.6. The molecular formula is C16H20ClNO3S. The van der Waals surface area contributed by atoms with Crippen LogP contribution in [0.15, 0.2) is 24.3 Å². The Morgan fingerprint density at radius 1 is 1.45 bits per heavy atom. The van der Waals surface area contributed by atoms with Crippen molar-refractivity contribution < 1.29 is 14.7 Å². The van der Waals surface area contributed by atoms with Crippen LogP contribution in [0.1, 0.15) is 18.9 Å². The van der Waals surface area contributed by atoms with E-state index in [0.717, 1.165) is 11.3 Å². The van der Waals surface area contributed by atoms with E-state index in [2.05, 4.69) is 0 Å². The third kappa shape index (κ3) is 4.65. The first-order valence-corrected chi connectivity index (χ1v) is 8.83. The van der Waals surface area contributed by atoms with Crippen molar-refractivity contribution in [3.63, 3.8) is 0 Å². The number of nitrogens with zero attached hydrogens (tertiary/aromatic N) is 1. The van der Waals surface area contributed by atoms with Crippen LogP contribution < -0.4 is 0 Å². The van der Waals surface area contributed by atoms with E-state index < -0.39 is 5.97 Å². The highest BCUT2D eigenvalue weighted by atomic mass is 35.5. The van der Waals surface area contributed by atoms with E-state index in [1.807, 2.05) is 31.2 Å². The second-order valence-corrected chi connectivity index (χ2v) is 7.10. The highest BCUT2D eigenvalue weighted by Gasteiger charge is 2.32. The molecule has 1 N–H and O–H groups in total. The molecule has 1 aromatic carbocycles. The molecule has 1 aromatic rings. The Balaban J connectivity index is 1.77. The minimum absolute atomic E-state index is 0.00753. The summed E-state index contributed by atoms with van der Waals surface area (Å²) in [7, 11) is 0. The van der Waals surface area contributed by atoms with Crippen molar-refractivity contribution in [2.75, 3.05) is 18.8 Å². The van der Waals surface area contributed by atoms with Crippen LogP contribution >= 0.6 is 23.4 Å². The van der Waals surface area contributed by atoms with Gasteiger partial charge in [-0.1, -0.05) is 30.7 Å². The van der Waals surface area contributed by atoms with Gasteiger partial charge in [-0.15, -0.1) is 11.8 Å². The maximum absolute atomic E-state index is 12.2. The third-order valence-corrected chi connectivity index (χ3v) is 5.18. The molecule has 1 amide bonds. The van der Waals surface area contributed by atoms with Crippen LogP contribution in [0.4, 0.5) is 0 Å². The summed E-state index contributed by atoms with van der Waals surface area (Å²) in [5.41, 5.74) is 1.10. The molecule has 2 unspecified atom stereocenters. The summed E-state index contributed by atoms with van der Waals surface area (Å²) in [6, 6.07) is 7.62. The number of carbonyl (C=O) groups excluding carboxylic acids is 1. The number of halogens is 1. The first-order chi connectivity index (χ1) is 10.5. The molecule has 2 rings (SSSR count). The van der Waals surface area contributed by atoms with E-state index in [4.69, 9.17) is 16.7 Å². The van der Waals surface area contributed by atoms with E-state index in [1.165, 1.54) is 0 Å². The summed E-state index contributed by atoms with van der Waals surface area (Å²) in [6.45, 7) is 2.97. The lowest BCUT2D eigenvalue weighted by Gasteiger charge is -2.34. The van der Waals surface area contributed by atoms with E-state index in [-0.39, 0.29) is 17.7 Å². The number of piperidine rings is 1. The van der Waals surface area contributed by atoms with Crippen LogP contribution in [0.25, 0.3) is 0 Å². The zero-order valence-electron chi connectivity index (χ0n) is 12.5. The summed E-state index contributed by atoms with van der Waals surface area (Å²) < 4.78 is 0. The molecule has 0 aliphatic carbocycles. The molecular weight excluding hydrogens is 322 g/mol. The van der Waals surface area contributed by atoms with Crippen molar-refractivity contribution in [2.24, 2.45) is 11.8 Å². The zero-order valence-corrected chi connectivity index (χ0v) is 14.1. The zero-order chi connectivity index (χ0) is 16.1. The summed E-state index contributed by atoms with van der Waals surface area (Å²) in [6.07, 6.45) is 0.543. The van der Waals surface area contributed by atoms with Gasteiger partial charge < -0.3 is 10.0 Å². The molecule has 6 heteroatoms. The number of carboxylic acid groups (broad SMARTS) is 1. The molecule has 1 fully saturated rings. The van der Waals surface area contributed by atoms with E-state index in [9.17, 15) is 9.59 Å². The van der Waals surface area contributed by atoms with Crippen molar-refractivity contribution in [1.29, 1.82) is 0 Å². The minimum Gasteiger partial charge on any atom is -0.481 e. The molecule has 120 valence electrons. The first-order valence-electron chi connectivity index (χ1n) is 7.30. The lowest BCUT2D eigenvalue weighted by Crippen LogP contribution is -2.45.